The number of aromatic carboxylic acids is 2. The van der Waals surface area contributed by atoms with E-state index in [1.54, 1.807) is 0 Å². The fraction of sp³-hybridized carbons (Fsp3) is 0. The largest absolute Gasteiger partial charge is 0.508 e. The van der Waals surface area contributed by atoms with Gasteiger partial charge < -0.3 is 20.4 Å². The quantitative estimate of drug-likeness (QED) is 0.678. The lowest BCUT2D eigenvalue weighted by Gasteiger charge is -1.96. The number of hydrogen-bond acceptors (Lipinski definition) is 4. The van der Waals surface area contributed by atoms with E-state index in [9.17, 15) is 9.59 Å². The average Bonchev–Trinajstić information content (AvgIpc) is 2.43. The van der Waals surface area contributed by atoms with Gasteiger partial charge in [-0.15, -0.1) is 0 Å². The van der Waals surface area contributed by atoms with Crippen LogP contribution in [0, 0.1) is 0 Å². The van der Waals surface area contributed by atoms with Gasteiger partial charge in [0.1, 0.15) is 11.5 Å². The van der Waals surface area contributed by atoms with Gasteiger partial charge in [-0.1, -0.05) is 11.6 Å². The second kappa shape index (κ2) is 7.16. The fourth-order valence-electron chi connectivity index (χ4n) is 1.24. The van der Waals surface area contributed by atoms with Crippen molar-refractivity contribution in [3.8, 4) is 11.5 Å². The summed E-state index contributed by atoms with van der Waals surface area (Å²) in [5, 5.41) is 34.5. The van der Waals surface area contributed by atoms with Crippen LogP contribution in [0.2, 0.25) is 5.02 Å². The zero-order valence-electron chi connectivity index (χ0n) is 10.5. The van der Waals surface area contributed by atoms with E-state index >= 15 is 0 Å². The van der Waals surface area contributed by atoms with Gasteiger partial charge in [0, 0.05) is 0 Å². The first-order valence-electron chi connectivity index (χ1n) is 5.55. The van der Waals surface area contributed by atoms with Crippen molar-refractivity contribution in [2.45, 2.75) is 0 Å². The minimum Gasteiger partial charge on any atom is -0.508 e. The van der Waals surface area contributed by atoms with Gasteiger partial charge in [-0.05, 0) is 42.5 Å². The first-order valence-corrected chi connectivity index (χ1v) is 5.93. The second-order valence-electron chi connectivity index (χ2n) is 3.82. The molecule has 110 valence electrons. The van der Waals surface area contributed by atoms with Crippen LogP contribution in [0.4, 0.5) is 0 Å². The molecule has 2 aromatic rings. The number of carbonyl (C=O) groups is 2. The Labute approximate surface area is 124 Å². The number of carboxylic acid groups (broad SMARTS) is 2. The van der Waals surface area contributed by atoms with Gasteiger partial charge in [0.15, 0.2) is 0 Å². The van der Waals surface area contributed by atoms with E-state index in [2.05, 4.69) is 0 Å². The predicted octanol–water partition coefficient (Wildman–Crippen LogP) is 2.83. The normalized spacial score (nSPS) is 9.38. The summed E-state index contributed by atoms with van der Waals surface area (Å²) >= 11 is 5.44. The van der Waals surface area contributed by atoms with Crippen molar-refractivity contribution < 1.29 is 30.0 Å². The van der Waals surface area contributed by atoms with E-state index in [0.717, 1.165) is 0 Å². The zero-order chi connectivity index (χ0) is 16.0. The number of rotatable bonds is 2. The lowest BCUT2D eigenvalue weighted by Crippen LogP contribution is -1.94. The maximum Gasteiger partial charge on any atom is 0.335 e. The molecular weight excluding hydrogens is 300 g/mol. The number of aromatic hydroxyl groups is 2. The molecule has 0 bridgehead atoms. The molecular formula is C14H11ClO6. The van der Waals surface area contributed by atoms with Crippen LogP contribution in [0.5, 0.6) is 11.5 Å². The first-order chi connectivity index (χ1) is 9.81. The Morgan fingerprint density at radius 2 is 1.29 bits per heavy atom. The van der Waals surface area contributed by atoms with Crippen LogP contribution in [-0.2, 0) is 0 Å². The maximum atomic E-state index is 10.3. The minimum atomic E-state index is -1.06. The lowest BCUT2D eigenvalue weighted by atomic mass is 10.2. The SMILES string of the molecule is O=C(O)c1ccc(O)c(Cl)c1.O=C(O)c1ccc(O)cc1. The molecule has 2 aromatic carbocycles. The molecule has 7 heteroatoms. The summed E-state index contributed by atoms with van der Waals surface area (Å²) in [5.41, 5.74) is 0.241. The molecule has 0 fully saturated rings. The van der Waals surface area contributed by atoms with E-state index < -0.39 is 11.9 Å². The van der Waals surface area contributed by atoms with E-state index in [1.807, 2.05) is 0 Å². The van der Waals surface area contributed by atoms with E-state index in [-0.39, 0.29) is 27.6 Å². The number of phenolic OH excluding ortho intramolecular Hbond substituents is 2. The van der Waals surface area contributed by atoms with E-state index in [0.29, 0.717) is 0 Å². The third-order valence-electron chi connectivity index (χ3n) is 2.31. The highest BCUT2D eigenvalue weighted by molar-refractivity contribution is 6.32. The van der Waals surface area contributed by atoms with Crippen LogP contribution in [0.1, 0.15) is 20.7 Å². The van der Waals surface area contributed by atoms with Crippen molar-refractivity contribution in [3.05, 3.63) is 58.6 Å². The number of phenols is 2. The van der Waals surface area contributed by atoms with Gasteiger partial charge in [0.05, 0.1) is 16.1 Å². The molecule has 0 unspecified atom stereocenters. The van der Waals surface area contributed by atoms with Crippen molar-refractivity contribution in [2.75, 3.05) is 0 Å². The van der Waals surface area contributed by atoms with Crippen LogP contribution in [0.3, 0.4) is 0 Å². The standard InChI is InChI=1S/C7H5ClO3.C7H6O3/c8-5-3-4(7(10)11)1-2-6(5)9;8-6-3-1-5(2-4-6)7(9)10/h1-3,9H,(H,10,11);1-4,8H,(H,9,10). The molecule has 4 N–H and O–H groups in total. The summed E-state index contributed by atoms with van der Waals surface area (Å²) in [6.07, 6.45) is 0. The van der Waals surface area contributed by atoms with Gasteiger partial charge in [0.25, 0.3) is 0 Å². The molecule has 0 amide bonds. The van der Waals surface area contributed by atoms with Crippen LogP contribution in [-0.4, -0.2) is 32.4 Å². The van der Waals surface area contributed by atoms with Gasteiger partial charge in [-0.25, -0.2) is 9.59 Å². The predicted molar refractivity (Wildman–Crippen MR) is 75.1 cm³/mol. The molecule has 0 heterocycles. The summed E-state index contributed by atoms with van der Waals surface area (Å²) in [7, 11) is 0. The summed E-state index contributed by atoms with van der Waals surface area (Å²) in [4.78, 5) is 20.6. The van der Waals surface area contributed by atoms with Crippen LogP contribution < -0.4 is 0 Å². The fourth-order valence-corrected chi connectivity index (χ4v) is 1.42. The Morgan fingerprint density at radius 1 is 0.810 bits per heavy atom. The highest BCUT2D eigenvalue weighted by atomic mass is 35.5. The van der Waals surface area contributed by atoms with Crippen LogP contribution >= 0.6 is 11.6 Å². The molecule has 0 saturated heterocycles. The van der Waals surface area contributed by atoms with Crippen molar-refractivity contribution >= 4 is 23.5 Å². The average molecular weight is 311 g/mol. The molecule has 0 aliphatic rings. The Hall–Kier alpha value is -2.73. The molecule has 2 rings (SSSR count). The summed E-state index contributed by atoms with van der Waals surface area (Å²) in [6, 6.07) is 9.08. The Morgan fingerprint density at radius 3 is 1.71 bits per heavy atom. The monoisotopic (exact) mass is 310 g/mol. The highest BCUT2D eigenvalue weighted by Gasteiger charge is 2.04. The highest BCUT2D eigenvalue weighted by Crippen LogP contribution is 2.23. The molecule has 0 radical (unpaired) electrons. The zero-order valence-corrected chi connectivity index (χ0v) is 11.3. The molecule has 6 nitrogen and oxygen atoms in total. The molecule has 0 aliphatic heterocycles. The third-order valence-corrected chi connectivity index (χ3v) is 2.61. The molecule has 0 spiro atoms. The molecule has 21 heavy (non-hydrogen) atoms. The van der Waals surface area contributed by atoms with Gasteiger partial charge in [-0.2, -0.15) is 0 Å². The Kier molecular flexibility index (Phi) is 5.57. The first kappa shape index (κ1) is 16.3. The Bertz CT molecular complexity index is 651. The number of benzene rings is 2. The Balaban J connectivity index is 0.000000211. The molecule has 0 saturated carbocycles. The van der Waals surface area contributed by atoms with E-state index in [4.69, 9.17) is 32.0 Å². The van der Waals surface area contributed by atoms with Gasteiger partial charge in [0.2, 0.25) is 0 Å². The van der Waals surface area contributed by atoms with Crippen LogP contribution in [0.25, 0.3) is 0 Å². The smallest absolute Gasteiger partial charge is 0.335 e. The topological polar surface area (TPSA) is 115 Å². The van der Waals surface area contributed by atoms with Crippen molar-refractivity contribution in [1.82, 2.24) is 0 Å². The number of hydrogen-bond donors (Lipinski definition) is 4. The molecule has 0 aliphatic carbocycles. The van der Waals surface area contributed by atoms with E-state index in [1.165, 1.54) is 42.5 Å². The number of halogens is 1. The number of carboxylic acids is 2. The second-order valence-corrected chi connectivity index (χ2v) is 4.23. The summed E-state index contributed by atoms with van der Waals surface area (Å²) in [5.74, 6) is -2.09. The third kappa shape index (κ3) is 5.04. The van der Waals surface area contributed by atoms with Gasteiger partial charge in [-0.3, -0.25) is 0 Å². The summed E-state index contributed by atoms with van der Waals surface area (Å²) in [6.45, 7) is 0. The van der Waals surface area contributed by atoms with Crippen LogP contribution in [0.15, 0.2) is 42.5 Å². The maximum absolute atomic E-state index is 10.3. The molecule has 0 atom stereocenters. The minimum absolute atomic E-state index is 0.0462. The summed E-state index contributed by atoms with van der Waals surface area (Å²) < 4.78 is 0. The van der Waals surface area contributed by atoms with Crippen molar-refractivity contribution in [1.29, 1.82) is 0 Å². The van der Waals surface area contributed by atoms with Crippen molar-refractivity contribution in [2.24, 2.45) is 0 Å². The van der Waals surface area contributed by atoms with Crippen molar-refractivity contribution in [3.63, 3.8) is 0 Å². The van der Waals surface area contributed by atoms with Gasteiger partial charge >= 0.3 is 11.9 Å². The molecule has 0 aromatic heterocycles. The lowest BCUT2D eigenvalue weighted by molar-refractivity contribution is 0.0686.